The largest absolute Gasteiger partial charge is 0.451 e. The summed E-state index contributed by atoms with van der Waals surface area (Å²) < 4.78 is 46.2. The lowest BCUT2D eigenvalue weighted by Crippen LogP contribution is -2.15. The number of rotatable bonds is 4. The third-order valence-electron chi connectivity index (χ3n) is 4.20. The summed E-state index contributed by atoms with van der Waals surface area (Å²) >= 11 is 5.86. The van der Waals surface area contributed by atoms with Gasteiger partial charge in [-0.15, -0.1) is 0 Å². The van der Waals surface area contributed by atoms with Crippen molar-refractivity contribution in [3.8, 4) is 17.0 Å². The van der Waals surface area contributed by atoms with Crippen LogP contribution in [0, 0.1) is 0 Å². The van der Waals surface area contributed by atoms with Crippen LogP contribution in [0.25, 0.3) is 17.0 Å². The second-order valence-corrected chi connectivity index (χ2v) is 6.63. The Bertz CT molecular complexity index is 1190. The van der Waals surface area contributed by atoms with E-state index in [1.54, 1.807) is 30.3 Å². The molecule has 4 rings (SSSR count). The summed E-state index contributed by atoms with van der Waals surface area (Å²) in [5.74, 6) is -0.366. The molecule has 1 amide bonds. The number of carbonyl (C=O) groups excluding carboxylic acids is 1. The average Bonchev–Trinajstić information content (AvgIpc) is 3.40. The van der Waals surface area contributed by atoms with E-state index in [1.807, 2.05) is 0 Å². The molecule has 2 aromatic carbocycles. The van der Waals surface area contributed by atoms with E-state index in [0.29, 0.717) is 16.3 Å². The van der Waals surface area contributed by atoms with Gasteiger partial charge in [-0.1, -0.05) is 11.6 Å². The third-order valence-corrected chi connectivity index (χ3v) is 4.45. The van der Waals surface area contributed by atoms with Gasteiger partial charge in [-0.2, -0.15) is 18.3 Å². The lowest BCUT2D eigenvalue weighted by atomic mass is 10.1. The Morgan fingerprint density at radius 1 is 1.07 bits per heavy atom. The number of furan rings is 1. The van der Waals surface area contributed by atoms with Gasteiger partial charge in [0.15, 0.2) is 5.76 Å². The molecule has 0 atom stereocenters. The van der Waals surface area contributed by atoms with Gasteiger partial charge in [-0.25, -0.2) is 9.67 Å². The summed E-state index contributed by atoms with van der Waals surface area (Å²) in [7, 11) is 0. The zero-order valence-electron chi connectivity index (χ0n) is 15.0. The van der Waals surface area contributed by atoms with Crippen molar-refractivity contribution in [1.29, 1.82) is 0 Å². The summed E-state index contributed by atoms with van der Waals surface area (Å²) in [5.41, 5.74) is -0.0908. The van der Waals surface area contributed by atoms with Crippen LogP contribution in [-0.4, -0.2) is 20.7 Å². The van der Waals surface area contributed by atoms with Gasteiger partial charge in [0, 0.05) is 10.6 Å². The summed E-state index contributed by atoms with van der Waals surface area (Å²) in [4.78, 5) is 16.4. The van der Waals surface area contributed by atoms with E-state index in [9.17, 15) is 18.0 Å². The minimum atomic E-state index is -4.58. The van der Waals surface area contributed by atoms with E-state index in [0.717, 1.165) is 12.1 Å². The first-order chi connectivity index (χ1) is 14.3. The maximum Gasteiger partial charge on any atom is 0.416 e. The van der Waals surface area contributed by atoms with Crippen molar-refractivity contribution in [3.63, 3.8) is 0 Å². The molecule has 10 heteroatoms. The number of hydrogen-bond acceptors (Lipinski definition) is 4. The van der Waals surface area contributed by atoms with Crippen LogP contribution in [0.15, 0.2) is 71.7 Å². The van der Waals surface area contributed by atoms with Gasteiger partial charge in [0.25, 0.3) is 5.91 Å². The summed E-state index contributed by atoms with van der Waals surface area (Å²) in [6, 6.07) is 12.7. The predicted octanol–water partition coefficient (Wildman–Crippen LogP) is 5.45. The van der Waals surface area contributed by atoms with Crippen LogP contribution < -0.4 is 5.32 Å². The van der Waals surface area contributed by atoms with Crippen LogP contribution in [0.1, 0.15) is 16.1 Å². The molecule has 0 spiro atoms. The van der Waals surface area contributed by atoms with Gasteiger partial charge in [-0.05, 0) is 54.6 Å². The third kappa shape index (κ3) is 4.06. The molecule has 0 bridgehead atoms. The highest BCUT2D eigenvalue weighted by atomic mass is 35.5. The first-order valence-electron chi connectivity index (χ1n) is 8.54. The number of nitrogens with zero attached hydrogens (tertiary/aromatic N) is 3. The van der Waals surface area contributed by atoms with Gasteiger partial charge < -0.3 is 9.73 Å². The van der Waals surface area contributed by atoms with Crippen molar-refractivity contribution in [1.82, 2.24) is 14.8 Å². The second-order valence-electron chi connectivity index (χ2n) is 6.19. The highest BCUT2D eigenvalue weighted by Gasteiger charge is 2.31. The van der Waals surface area contributed by atoms with Crippen molar-refractivity contribution in [2.75, 3.05) is 5.32 Å². The molecule has 152 valence electrons. The van der Waals surface area contributed by atoms with E-state index in [4.69, 9.17) is 16.0 Å². The van der Waals surface area contributed by atoms with Crippen molar-refractivity contribution >= 4 is 23.2 Å². The Hall–Kier alpha value is -3.59. The second kappa shape index (κ2) is 7.68. The fourth-order valence-electron chi connectivity index (χ4n) is 2.76. The topological polar surface area (TPSA) is 73.0 Å². The first-order valence-corrected chi connectivity index (χ1v) is 8.92. The molecule has 4 aromatic rings. The Balaban J connectivity index is 1.65. The maximum atomic E-state index is 13.1. The van der Waals surface area contributed by atoms with E-state index in [1.165, 1.54) is 29.5 Å². The fraction of sp³-hybridized carbons (Fsp3) is 0.0500. The molecule has 0 aliphatic heterocycles. The molecular weight excluding hydrogens is 421 g/mol. The van der Waals surface area contributed by atoms with Gasteiger partial charge in [0.1, 0.15) is 18.4 Å². The summed E-state index contributed by atoms with van der Waals surface area (Å²) in [5, 5.41) is 6.92. The normalized spacial score (nSPS) is 11.5. The Morgan fingerprint density at radius 2 is 1.83 bits per heavy atom. The smallest absolute Gasteiger partial charge is 0.416 e. The molecular formula is C20H12ClF3N4O2. The van der Waals surface area contributed by atoms with E-state index in [-0.39, 0.29) is 17.1 Å². The lowest BCUT2D eigenvalue weighted by molar-refractivity contribution is -0.137. The molecule has 1 N–H and O–H groups in total. The van der Waals surface area contributed by atoms with Crippen LogP contribution in [0.3, 0.4) is 0 Å². The molecule has 0 saturated carbocycles. The number of alkyl halides is 3. The standard InChI is InChI=1S/C20H12ClF3N4O2/c21-14-4-1-12(2-5-14)17-7-8-18(30-17)19(29)27-15-9-13(20(22,23)24)3-6-16(15)28-11-25-10-26-28/h1-11H,(H,27,29). The van der Waals surface area contributed by atoms with Crippen LogP contribution in [-0.2, 0) is 6.18 Å². The van der Waals surface area contributed by atoms with E-state index >= 15 is 0 Å². The predicted molar refractivity (Wildman–Crippen MR) is 103 cm³/mol. The monoisotopic (exact) mass is 432 g/mol. The summed E-state index contributed by atoms with van der Waals surface area (Å²) in [6.07, 6.45) is -2.04. The highest BCUT2D eigenvalue weighted by Crippen LogP contribution is 2.33. The molecule has 2 aromatic heterocycles. The van der Waals surface area contributed by atoms with Gasteiger partial charge in [0.05, 0.1) is 16.9 Å². The average molecular weight is 433 g/mol. The molecule has 0 unspecified atom stereocenters. The Kier molecular flexibility index (Phi) is 5.04. The molecule has 0 aliphatic rings. The number of aromatic nitrogens is 3. The Labute approximate surface area is 172 Å². The first kappa shape index (κ1) is 19.7. The lowest BCUT2D eigenvalue weighted by Gasteiger charge is -2.14. The van der Waals surface area contributed by atoms with Crippen LogP contribution in [0.2, 0.25) is 5.02 Å². The zero-order valence-corrected chi connectivity index (χ0v) is 15.8. The number of anilines is 1. The molecule has 0 saturated heterocycles. The van der Waals surface area contributed by atoms with E-state index < -0.39 is 17.6 Å². The van der Waals surface area contributed by atoms with Crippen LogP contribution in [0.5, 0.6) is 0 Å². The van der Waals surface area contributed by atoms with Crippen molar-refractivity contribution in [3.05, 3.63) is 83.6 Å². The number of halogens is 4. The van der Waals surface area contributed by atoms with Crippen molar-refractivity contribution < 1.29 is 22.4 Å². The zero-order chi connectivity index (χ0) is 21.3. The SMILES string of the molecule is O=C(Nc1cc(C(F)(F)F)ccc1-n1cncn1)c1ccc(-c2ccc(Cl)cc2)o1. The van der Waals surface area contributed by atoms with Crippen LogP contribution >= 0.6 is 11.6 Å². The summed E-state index contributed by atoms with van der Waals surface area (Å²) in [6.45, 7) is 0. The molecule has 2 heterocycles. The molecule has 0 fully saturated rings. The number of carbonyl (C=O) groups is 1. The minimum absolute atomic E-state index is 0.0677. The number of hydrogen-bond donors (Lipinski definition) is 1. The maximum absolute atomic E-state index is 13.1. The quantitative estimate of drug-likeness (QED) is 0.465. The van der Waals surface area contributed by atoms with Gasteiger partial charge >= 0.3 is 6.18 Å². The van der Waals surface area contributed by atoms with Crippen molar-refractivity contribution in [2.24, 2.45) is 0 Å². The van der Waals surface area contributed by atoms with Gasteiger partial charge in [-0.3, -0.25) is 4.79 Å². The highest BCUT2D eigenvalue weighted by molar-refractivity contribution is 6.30. The fourth-order valence-corrected chi connectivity index (χ4v) is 2.88. The molecule has 30 heavy (non-hydrogen) atoms. The Morgan fingerprint density at radius 3 is 2.50 bits per heavy atom. The van der Waals surface area contributed by atoms with Crippen LogP contribution in [0.4, 0.5) is 18.9 Å². The number of amides is 1. The molecule has 0 aliphatic carbocycles. The molecule has 0 radical (unpaired) electrons. The van der Waals surface area contributed by atoms with Gasteiger partial charge in [0.2, 0.25) is 0 Å². The number of nitrogens with one attached hydrogen (secondary N) is 1. The molecule has 6 nitrogen and oxygen atoms in total. The van der Waals surface area contributed by atoms with E-state index in [2.05, 4.69) is 15.4 Å². The minimum Gasteiger partial charge on any atom is -0.451 e. The number of benzene rings is 2. The van der Waals surface area contributed by atoms with Crippen molar-refractivity contribution in [2.45, 2.75) is 6.18 Å².